The molecule has 0 atom stereocenters. The van der Waals surface area contributed by atoms with E-state index in [1.54, 1.807) is 0 Å². The predicted molar refractivity (Wildman–Crippen MR) is 49.5 cm³/mol. The minimum Gasteiger partial charge on any atom is -0.424 e. The van der Waals surface area contributed by atoms with E-state index in [0.29, 0.717) is 6.42 Å². The van der Waals surface area contributed by atoms with Crippen LogP contribution in [0.2, 0.25) is 6.04 Å². The smallest absolute Gasteiger partial charge is 0.161 e. The first-order valence-electron chi connectivity index (χ1n) is 3.92. The second kappa shape index (κ2) is 9.96. The van der Waals surface area contributed by atoms with E-state index < -0.39 is 0 Å². The lowest BCUT2D eigenvalue weighted by Crippen LogP contribution is -2.00. The topological polar surface area (TPSA) is 33.0 Å². The van der Waals surface area contributed by atoms with Crippen molar-refractivity contribution in [2.75, 3.05) is 12.5 Å². The van der Waals surface area contributed by atoms with E-state index in [9.17, 15) is 0 Å². The summed E-state index contributed by atoms with van der Waals surface area (Å²) in [5, 5.41) is 8.20. The van der Waals surface area contributed by atoms with E-state index in [-0.39, 0.29) is 9.76 Å². The maximum atomic E-state index is 8.20. The Bertz CT molecular complexity index is 115. The third-order valence-electron chi connectivity index (χ3n) is 1.25. The summed E-state index contributed by atoms with van der Waals surface area (Å²) in [4.78, 5) is 0. The summed E-state index contributed by atoms with van der Waals surface area (Å²) in [5.41, 5.74) is 0. The summed E-state index contributed by atoms with van der Waals surface area (Å²) < 4.78 is 5.37. The molecule has 0 aliphatic carbocycles. The quantitative estimate of drug-likeness (QED) is 0.347. The Balaban J connectivity index is 2.75. The van der Waals surface area contributed by atoms with Crippen LogP contribution in [-0.2, 0) is 4.43 Å². The van der Waals surface area contributed by atoms with Crippen LogP contribution in [0.5, 0.6) is 0 Å². The number of unbranched alkanes of at least 4 members (excludes halogenated alkanes) is 1. The zero-order valence-corrected chi connectivity index (χ0v) is 8.85. The molecule has 0 fully saturated rings. The summed E-state index contributed by atoms with van der Waals surface area (Å²) in [6.07, 6.45) is 2.57. The number of hydrogen-bond donors (Lipinski definition) is 0. The van der Waals surface area contributed by atoms with Gasteiger partial charge >= 0.3 is 0 Å². The average Bonchev–Trinajstić information content (AvgIpc) is 2.03. The zero-order valence-electron chi connectivity index (χ0n) is 6.68. The van der Waals surface area contributed by atoms with Gasteiger partial charge in [0.1, 0.15) is 0 Å². The molecule has 0 aliphatic rings. The Labute approximate surface area is 75.4 Å². The van der Waals surface area contributed by atoms with Crippen molar-refractivity contribution in [3.8, 4) is 6.07 Å². The fourth-order valence-electron chi connectivity index (χ4n) is 0.654. The number of halogens is 1. The zero-order chi connectivity index (χ0) is 8.36. The van der Waals surface area contributed by atoms with Crippen molar-refractivity contribution >= 4 is 21.4 Å². The van der Waals surface area contributed by atoms with Crippen molar-refractivity contribution in [3.05, 3.63) is 0 Å². The summed E-state index contributed by atoms with van der Waals surface area (Å²) >= 11 is 5.49. The van der Waals surface area contributed by atoms with E-state index in [2.05, 4.69) is 6.07 Å². The van der Waals surface area contributed by atoms with Crippen LogP contribution >= 0.6 is 11.6 Å². The SMILES string of the molecule is N#CCCCO[SiH2]CCCCl. The monoisotopic (exact) mass is 191 g/mol. The standard InChI is InChI=1S/C7H14ClNOSi/c8-4-3-7-11-10-6-2-1-5-9/h1-4,6-7,11H2. The molecule has 0 bridgehead atoms. The molecule has 11 heavy (non-hydrogen) atoms. The first-order valence-corrected chi connectivity index (χ1v) is 6.03. The van der Waals surface area contributed by atoms with Crippen molar-refractivity contribution in [1.82, 2.24) is 0 Å². The van der Waals surface area contributed by atoms with Gasteiger partial charge < -0.3 is 4.43 Å². The molecule has 0 rings (SSSR count). The van der Waals surface area contributed by atoms with Crippen molar-refractivity contribution in [2.45, 2.75) is 25.3 Å². The Morgan fingerprint density at radius 1 is 1.45 bits per heavy atom. The lowest BCUT2D eigenvalue weighted by Gasteiger charge is -1.99. The molecule has 0 aromatic carbocycles. The second-order valence-corrected chi connectivity index (χ2v) is 4.17. The van der Waals surface area contributed by atoms with Gasteiger partial charge in [0.05, 0.1) is 6.07 Å². The van der Waals surface area contributed by atoms with Crippen LogP contribution < -0.4 is 0 Å². The van der Waals surface area contributed by atoms with E-state index in [0.717, 1.165) is 31.4 Å². The van der Waals surface area contributed by atoms with Crippen molar-refractivity contribution in [2.24, 2.45) is 0 Å². The molecular weight excluding hydrogens is 178 g/mol. The van der Waals surface area contributed by atoms with Crippen LogP contribution in [0.25, 0.3) is 0 Å². The minimum absolute atomic E-state index is 0.322. The Hall–Kier alpha value is -0.0431. The molecule has 0 radical (unpaired) electrons. The number of nitriles is 1. The molecule has 0 saturated heterocycles. The summed E-state index contributed by atoms with van der Waals surface area (Å²) in [5.74, 6) is 0.745. The first kappa shape index (κ1) is 11.0. The molecule has 0 spiro atoms. The third kappa shape index (κ3) is 9.96. The normalized spacial score (nSPS) is 10.5. The lowest BCUT2D eigenvalue weighted by molar-refractivity contribution is 0.329. The van der Waals surface area contributed by atoms with Gasteiger partial charge in [0, 0.05) is 18.9 Å². The van der Waals surface area contributed by atoms with Gasteiger partial charge in [-0.15, -0.1) is 11.6 Å². The van der Waals surface area contributed by atoms with E-state index in [4.69, 9.17) is 21.3 Å². The summed E-state index contributed by atoms with van der Waals surface area (Å²) in [6.45, 7) is 0.766. The lowest BCUT2D eigenvalue weighted by atomic mass is 10.4. The predicted octanol–water partition coefficient (Wildman–Crippen LogP) is 1.44. The van der Waals surface area contributed by atoms with Crippen molar-refractivity contribution in [1.29, 1.82) is 5.26 Å². The summed E-state index contributed by atoms with van der Waals surface area (Å²) in [6, 6.07) is 3.25. The molecule has 4 heteroatoms. The molecule has 2 nitrogen and oxygen atoms in total. The Morgan fingerprint density at radius 3 is 2.91 bits per heavy atom. The summed E-state index contributed by atoms with van der Waals surface area (Å²) in [7, 11) is -0.322. The van der Waals surface area contributed by atoms with Crippen molar-refractivity contribution < 1.29 is 4.43 Å². The van der Waals surface area contributed by atoms with Gasteiger partial charge in [0.2, 0.25) is 0 Å². The molecule has 64 valence electrons. The van der Waals surface area contributed by atoms with Gasteiger partial charge in [0.15, 0.2) is 9.76 Å². The van der Waals surface area contributed by atoms with Crippen LogP contribution in [0, 0.1) is 11.3 Å². The maximum absolute atomic E-state index is 8.20. The van der Waals surface area contributed by atoms with Gasteiger partial charge in [-0.05, 0) is 18.9 Å². The fourth-order valence-corrected chi connectivity index (χ4v) is 2.23. The van der Waals surface area contributed by atoms with Crippen LogP contribution in [0.15, 0.2) is 0 Å². The molecule has 0 aliphatic heterocycles. The highest BCUT2D eigenvalue weighted by atomic mass is 35.5. The van der Waals surface area contributed by atoms with Crippen LogP contribution in [0.3, 0.4) is 0 Å². The molecule has 0 amide bonds. The largest absolute Gasteiger partial charge is 0.424 e. The number of rotatable bonds is 7. The highest BCUT2D eigenvalue weighted by Crippen LogP contribution is 1.93. The number of alkyl halides is 1. The Morgan fingerprint density at radius 2 is 2.27 bits per heavy atom. The van der Waals surface area contributed by atoms with E-state index in [1.807, 2.05) is 0 Å². The molecule has 0 N–H and O–H groups in total. The fraction of sp³-hybridized carbons (Fsp3) is 0.857. The maximum Gasteiger partial charge on any atom is 0.161 e. The van der Waals surface area contributed by atoms with Crippen LogP contribution in [0.1, 0.15) is 19.3 Å². The minimum atomic E-state index is -0.322. The van der Waals surface area contributed by atoms with Crippen molar-refractivity contribution in [3.63, 3.8) is 0 Å². The van der Waals surface area contributed by atoms with Gasteiger partial charge in [-0.2, -0.15) is 5.26 Å². The van der Waals surface area contributed by atoms with Gasteiger partial charge in [0.25, 0.3) is 0 Å². The molecular formula is C7H14ClNOSi. The van der Waals surface area contributed by atoms with Crippen LogP contribution in [-0.4, -0.2) is 22.3 Å². The van der Waals surface area contributed by atoms with Gasteiger partial charge in [-0.3, -0.25) is 0 Å². The highest BCUT2D eigenvalue weighted by molar-refractivity contribution is 6.27. The van der Waals surface area contributed by atoms with Crippen LogP contribution in [0.4, 0.5) is 0 Å². The molecule has 0 heterocycles. The van der Waals surface area contributed by atoms with E-state index in [1.165, 1.54) is 0 Å². The number of hydrogen-bond acceptors (Lipinski definition) is 2. The van der Waals surface area contributed by atoms with Gasteiger partial charge in [-0.25, -0.2) is 0 Å². The first-order chi connectivity index (χ1) is 5.41. The Kier molecular flexibility index (Phi) is 9.92. The third-order valence-corrected chi connectivity index (χ3v) is 2.88. The van der Waals surface area contributed by atoms with Gasteiger partial charge in [-0.1, -0.05) is 0 Å². The molecule has 0 aromatic rings. The second-order valence-electron chi connectivity index (χ2n) is 2.27. The van der Waals surface area contributed by atoms with E-state index >= 15 is 0 Å². The highest BCUT2D eigenvalue weighted by Gasteiger charge is 1.89. The number of nitrogens with zero attached hydrogens (tertiary/aromatic N) is 1. The molecule has 0 unspecified atom stereocenters. The average molecular weight is 192 g/mol. The molecule has 0 saturated carbocycles. The molecule has 0 aromatic heterocycles.